The minimum Gasteiger partial charge on any atom is -0.274 e. The Labute approximate surface area is 114 Å². The second-order valence-corrected chi connectivity index (χ2v) is 3.91. The molecule has 0 saturated heterocycles. The third kappa shape index (κ3) is 2.75. The Kier molecular flexibility index (Phi) is 4.26. The first kappa shape index (κ1) is 13.9. The number of aromatic amines is 1. The highest BCUT2D eigenvalue weighted by Crippen LogP contribution is 2.13. The second-order valence-electron chi connectivity index (χ2n) is 3.91. The van der Waals surface area contributed by atoms with Crippen LogP contribution < -0.4 is 11.0 Å². The lowest BCUT2D eigenvalue weighted by Crippen LogP contribution is -2.24. The molecule has 8 heteroatoms. The van der Waals surface area contributed by atoms with E-state index < -0.39 is 0 Å². The molecule has 0 bridgehead atoms. The van der Waals surface area contributed by atoms with Crippen LogP contribution in [0.1, 0.15) is 29.9 Å². The summed E-state index contributed by atoms with van der Waals surface area (Å²) >= 11 is 0. The summed E-state index contributed by atoms with van der Waals surface area (Å²) in [6.07, 6.45) is 2.02. The molecule has 0 radical (unpaired) electrons. The summed E-state index contributed by atoms with van der Waals surface area (Å²) in [6.45, 7) is 4.05. The Hall–Kier alpha value is -2.48. The van der Waals surface area contributed by atoms with Gasteiger partial charge in [-0.15, -0.1) is 0 Å². The molecule has 2 heterocycles. The Bertz CT molecular complexity index is 641. The van der Waals surface area contributed by atoms with Crippen LogP contribution in [0.15, 0.2) is 23.1 Å². The molecule has 0 unspecified atom stereocenters. The molecular weight excluding hydrogens is 262 g/mol. The largest absolute Gasteiger partial charge is 0.278 e. The molecule has 0 aliphatic heterocycles. The highest BCUT2D eigenvalue weighted by Gasteiger charge is 2.17. The highest BCUT2D eigenvalue weighted by atomic mass is 16.6. The smallest absolute Gasteiger partial charge is 0.274 e. The average Bonchev–Trinajstić information content (AvgIpc) is 2.89. The average molecular weight is 277 g/mol. The van der Waals surface area contributed by atoms with Crippen LogP contribution in [-0.2, 0) is 11.3 Å². The number of carbonyl (C=O) groups excluding carboxylic acids is 1. The predicted octanol–water partition coefficient (Wildman–Crippen LogP) is 0.199. The van der Waals surface area contributed by atoms with E-state index >= 15 is 0 Å². The molecule has 2 rings (SSSR count). The molecule has 0 fully saturated rings. The highest BCUT2D eigenvalue weighted by molar-refractivity contribution is 5.94. The fraction of sp³-hybridized carbons (Fsp3) is 0.333. The van der Waals surface area contributed by atoms with Crippen LogP contribution in [0.3, 0.4) is 0 Å². The first-order chi connectivity index (χ1) is 9.67. The molecule has 106 valence electrons. The maximum atomic E-state index is 11.9. The fourth-order valence-corrected chi connectivity index (χ4v) is 1.75. The third-order valence-corrected chi connectivity index (χ3v) is 2.64. The van der Waals surface area contributed by atoms with Crippen LogP contribution in [0.5, 0.6) is 0 Å². The van der Waals surface area contributed by atoms with Gasteiger partial charge >= 0.3 is 0 Å². The number of amides is 1. The first-order valence-electron chi connectivity index (χ1n) is 6.22. The molecule has 2 aromatic heterocycles. The van der Waals surface area contributed by atoms with Gasteiger partial charge in [-0.1, -0.05) is 6.92 Å². The molecule has 8 nitrogen and oxygen atoms in total. The van der Waals surface area contributed by atoms with E-state index in [4.69, 9.17) is 4.84 Å². The van der Waals surface area contributed by atoms with E-state index in [1.165, 1.54) is 23.0 Å². The summed E-state index contributed by atoms with van der Waals surface area (Å²) < 4.78 is 1.51. The van der Waals surface area contributed by atoms with Gasteiger partial charge in [0.05, 0.1) is 24.1 Å². The molecule has 0 atom stereocenters. The van der Waals surface area contributed by atoms with Crippen LogP contribution in [0.2, 0.25) is 0 Å². The zero-order valence-electron chi connectivity index (χ0n) is 11.2. The number of hydrogen-bond donors (Lipinski definition) is 2. The van der Waals surface area contributed by atoms with Gasteiger partial charge in [0.1, 0.15) is 0 Å². The normalized spacial score (nSPS) is 10.5. The summed E-state index contributed by atoms with van der Waals surface area (Å²) in [5.41, 5.74) is 3.12. The van der Waals surface area contributed by atoms with Gasteiger partial charge in [-0.3, -0.25) is 14.4 Å². The standard InChI is InChI=1S/C12H15N5O3/c1-3-9-8(12(19)16-20-4-2)7-13-17(9)10-5-6-11(18)15-14-10/h5-7H,3-4H2,1-2H3,(H,15,18)(H,16,19). The number of hydrogen-bond acceptors (Lipinski definition) is 5. The van der Waals surface area contributed by atoms with Crippen molar-refractivity contribution in [2.75, 3.05) is 6.61 Å². The summed E-state index contributed by atoms with van der Waals surface area (Å²) in [7, 11) is 0. The van der Waals surface area contributed by atoms with E-state index in [9.17, 15) is 9.59 Å². The van der Waals surface area contributed by atoms with E-state index in [1.807, 2.05) is 6.92 Å². The van der Waals surface area contributed by atoms with Crippen molar-refractivity contribution >= 4 is 5.91 Å². The van der Waals surface area contributed by atoms with Crippen molar-refractivity contribution in [3.8, 4) is 5.82 Å². The number of carbonyl (C=O) groups is 1. The van der Waals surface area contributed by atoms with Crippen LogP contribution in [0.4, 0.5) is 0 Å². The lowest BCUT2D eigenvalue weighted by atomic mass is 10.2. The van der Waals surface area contributed by atoms with E-state index in [2.05, 4.69) is 20.8 Å². The SMILES string of the molecule is CCONC(=O)c1cnn(-c2ccc(=O)[nH]n2)c1CC. The Morgan fingerprint density at radius 2 is 2.25 bits per heavy atom. The van der Waals surface area contributed by atoms with Crippen molar-refractivity contribution in [3.05, 3.63) is 39.9 Å². The molecule has 2 aromatic rings. The maximum absolute atomic E-state index is 11.9. The Balaban J connectivity index is 2.36. The second kappa shape index (κ2) is 6.11. The molecule has 0 aliphatic rings. The van der Waals surface area contributed by atoms with Crippen molar-refractivity contribution in [3.63, 3.8) is 0 Å². The number of hydroxylamine groups is 1. The van der Waals surface area contributed by atoms with Crippen LogP contribution >= 0.6 is 0 Å². The van der Waals surface area contributed by atoms with Gasteiger partial charge in [0.2, 0.25) is 0 Å². The molecule has 0 aromatic carbocycles. The first-order valence-corrected chi connectivity index (χ1v) is 6.22. The number of aromatic nitrogens is 4. The van der Waals surface area contributed by atoms with Crippen LogP contribution in [-0.4, -0.2) is 32.5 Å². The molecular formula is C12H15N5O3. The van der Waals surface area contributed by atoms with Crippen molar-refractivity contribution in [2.24, 2.45) is 0 Å². The third-order valence-electron chi connectivity index (χ3n) is 2.64. The molecule has 0 spiro atoms. The maximum Gasteiger partial charge on any atom is 0.278 e. The number of H-pyrrole nitrogens is 1. The van der Waals surface area contributed by atoms with Crippen molar-refractivity contribution < 1.29 is 9.63 Å². The summed E-state index contributed by atoms with van der Waals surface area (Å²) in [5, 5.41) is 10.4. The molecule has 0 aliphatic carbocycles. The Morgan fingerprint density at radius 3 is 2.85 bits per heavy atom. The predicted molar refractivity (Wildman–Crippen MR) is 70.4 cm³/mol. The summed E-state index contributed by atoms with van der Waals surface area (Å²) in [4.78, 5) is 27.8. The molecule has 2 N–H and O–H groups in total. The van der Waals surface area contributed by atoms with E-state index in [-0.39, 0.29) is 11.5 Å². The number of rotatable bonds is 5. The Morgan fingerprint density at radius 1 is 1.45 bits per heavy atom. The van der Waals surface area contributed by atoms with E-state index in [0.29, 0.717) is 30.1 Å². The number of nitrogens with zero attached hydrogens (tertiary/aromatic N) is 3. The van der Waals surface area contributed by atoms with Crippen LogP contribution in [0, 0.1) is 0 Å². The molecule has 0 saturated carbocycles. The van der Waals surface area contributed by atoms with Gasteiger partial charge in [-0.05, 0) is 19.4 Å². The fourth-order valence-electron chi connectivity index (χ4n) is 1.75. The van der Waals surface area contributed by atoms with Gasteiger partial charge < -0.3 is 0 Å². The quantitative estimate of drug-likeness (QED) is 0.760. The lowest BCUT2D eigenvalue weighted by Gasteiger charge is -2.06. The minimum absolute atomic E-state index is 0.298. The van der Waals surface area contributed by atoms with Crippen molar-refractivity contribution in [2.45, 2.75) is 20.3 Å². The number of nitrogens with one attached hydrogen (secondary N) is 2. The van der Waals surface area contributed by atoms with E-state index in [0.717, 1.165) is 0 Å². The van der Waals surface area contributed by atoms with Gasteiger partial charge in [-0.25, -0.2) is 15.3 Å². The zero-order chi connectivity index (χ0) is 14.5. The lowest BCUT2D eigenvalue weighted by molar-refractivity contribution is 0.0363. The summed E-state index contributed by atoms with van der Waals surface area (Å²) in [6, 6.07) is 2.89. The molecule has 1 amide bonds. The van der Waals surface area contributed by atoms with E-state index in [1.54, 1.807) is 6.92 Å². The van der Waals surface area contributed by atoms with Crippen LogP contribution in [0.25, 0.3) is 5.82 Å². The van der Waals surface area contributed by atoms with Crippen molar-refractivity contribution in [1.82, 2.24) is 25.5 Å². The minimum atomic E-state index is -0.362. The van der Waals surface area contributed by atoms with Gasteiger partial charge in [-0.2, -0.15) is 10.2 Å². The van der Waals surface area contributed by atoms with Gasteiger partial charge in [0, 0.05) is 6.07 Å². The zero-order valence-corrected chi connectivity index (χ0v) is 11.2. The van der Waals surface area contributed by atoms with Gasteiger partial charge in [0.25, 0.3) is 11.5 Å². The van der Waals surface area contributed by atoms with Gasteiger partial charge in [0.15, 0.2) is 5.82 Å². The van der Waals surface area contributed by atoms with Crippen molar-refractivity contribution in [1.29, 1.82) is 0 Å². The monoisotopic (exact) mass is 277 g/mol. The molecule has 20 heavy (non-hydrogen) atoms. The topological polar surface area (TPSA) is 102 Å². The summed E-state index contributed by atoms with van der Waals surface area (Å²) in [5.74, 6) is 0.0799.